The molecule has 118 valence electrons. The van der Waals surface area contributed by atoms with Gasteiger partial charge in [-0.3, -0.25) is 4.79 Å². The van der Waals surface area contributed by atoms with E-state index in [4.69, 9.17) is 0 Å². The molecule has 22 heavy (non-hydrogen) atoms. The van der Waals surface area contributed by atoms with Gasteiger partial charge in [-0.1, -0.05) is 11.6 Å². The smallest absolute Gasteiger partial charge is 0.267 e. The first kappa shape index (κ1) is 15.2. The van der Waals surface area contributed by atoms with Gasteiger partial charge in [0.2, 0.25) is 0 Å². The number of nitrogens with zero attached hydrogens (tertiary/aromatic N) is 1. The van der Waals surface area contributed by atoms with Crippen molar-refractivity contribution in [2.75, 3.05) is 19.3 Å². The van der Waals surface area contributed by atoms with E-state index in [1.165, 1.54) is 5.56 Å². The predicted molar refractivity (Wildman–Crippen MR) is 89.2 cm³/mol. The average molecular weight is 319 g/mol. The molecule has 1 aliphatic heterocycles. The molecule has 1 fully saturated rings. The third kappa shape index (κ3) is 3.23. The van der Waals surface area contributed by atoms with Gasteiger partial charge >= 0.3 is 0 Å². The van der Waals surface area contributed by atoms with E-state index in [-0.39, 0.29) is 11.9 Å². The summed E-state index contributed by atoms with van der Waals surface area (Å²) in [6.07, 6.45) is 3.38. The summed E-state index contributed by atoms with van der Waals surface area (Å²) in [5.74, 6) is -0.0649. The number of amides is 1. The first-order valence-electron chi connectivity index (χ1n) is 7.51. The van der Waals surface area contributed by atoms with Crippen molar-refractivity contribution in [3.8, 4) is 0 Å². The highest BCUT2D eigenvalue weighted by Crippen LogP contribution is 2.18. The fourth-order valence-electron chi connectivity index (χ4n) is 2.89. The monoisotopic (exact) mass is 319 g/mol. The lowest BCUT2D eigenvalue weighted by Gasteiger charge is -2.30. The van der Waals surface area contributed by atoms with E-state index in [1.54, 1.807) is 6.26 Å². The van der Waals surface area contributed by atoms with Crippen LogP contribution >= 0.6 is 0 Å². The Morgan fingerprint density at radius 3 is 2.73 bits per heavy atom. The lowest BCUT2D eigenvalue weighted by molar-refractivity contribution is 0.0920. The Morgan fingerprint density at radius 2 is 2.05 bits per heavy atom. The molecular formula is C16H21N3O2S. The third-order valence-electron chi connectivity index (χ3n) is 4.17. The van der Waals surface area contributed by atoms with Crippen molar-refractivity contribution >= 4 is 27.8 Å². The van der Waals surface area contributed by atoms with Crippen LogP contribution in [0.1, 0.15) is 28.9 Å². The number of aromatic amines is 1. The van der Waals surface area contributed by atoms with Crippen LogP contribution < -0.4 is 5.32 Å². The molecule has 2 aromatic rings. The molecule has 5 nitrogen and oxygen atoms in total. The molecule has 0 bridgehead atoms. The van der Waals surface area contributed by atoms with Crippen molar-refractivity contribution < 1.29 is 9.00 Å². The van der Waals surface area contributed by atoms with E-state index in [0.29, 0.717) is 5.69 Å². The molecule has 0 aliphatic carbocycles. The molecule has 1 saturated heterocycles. The highest BCUT2D eigenvalue weighted by Gasteiger charge is 2.23. The molecule has 6 heteroatoms. The highest BCUT2D eigenvalue weighted by atomic mass is 32.2. The van der Waals surface area contributed by atoms with Gasteiger partial charge in [0, 0.05) is 36.3 Å². The second-order valence-electron chi connectivity index (χ2n) is 5.87. The van der Waals surface area contributed by atoms with Crippen LogP contribution in [0.3, 0.4) is 0 Å². The molecule has 1 aromatic heterocycles. The Labute approximate surface area is 132 Å². The minimum atomic E-state index is -0.914. The number of carbonyl (C=O) groups is 1. The number of piperidine rings is 1. The maximum absolute atomic E-state index is 12.4. The molecule has 2 N–H and O–H groups in total. The maximum Gasteiger partial charge on any atom is 0.267 e. The lowest BCUT2D eigenvalue weighted by Crippen LogP contribution is -2.45. The van der Waals surface area contributed by atoms with E-state index in [1.807, 2.05) is 29.4 Å². The SMILES string of the molecule is Cc1ccc2[nH]c(C(=O)NC3CCN(S(C)=O)CC3)cc2c1. The molecule has 2 heterocycles. The Kier molecular flexibility index (Phi) is 4.31. The van der Waals surface area contributed by atoms with Gasteiger partial charge in [0.15, 0.2) is 0 Å². The summed E-state index contributed by atoms with van der Waals surface area (Å²) < 4.78 is 13.4. The zero-order chi connectivity index (χ0) is 15.7. The van der Waals surface area contributed by atoms with Gasteiger partial charge in [0.25, 0.3) is 5.91 Å². The number of H-pyrrole nitrogens is 1. The summed E-state index contributed by atoms with van der Waals surface area (Å²) in [7, 11) is -0.914. The van der Waals surface area contributed by atoms with E-state index < -0.39 is 11.0 Å². The standard InChI is InChI=1S/C16H21N3O2S/c1-11-3-4-14-12(9-11)10-15(18-14)16(20)17-13-5-7-19(8-6-13)22(2)21/h3-4,9-10,13,18H,5-8H2,1-2H3,(H,17,20). The van der Waals surface area contributed by atoms with Gasteiger partial charge in [0.1, 0.15) is 5.69 Å². The van der Waals surface area contributed by atoms with E-state index >= 15 is 0 Å². The van der Waals surface area contributed by atoms with Crippen LogP contribution in [0.5, 0.6) is 0 Å². The van der Waals surface area contributed by atoms with Crippen molar-refractivity contribution in [2.45, 2.75) is 25.8 Å². The number of benzene rings is 1. The fourth-order valence-corrected chi connectivity index (χ4v) is 3.62. The van der Waals surface area contributed by atoms with Crippen LogP contribution in [0.15, 0.2) is 24.3 Å². The van der Waals surface area contributed by atoms with Gasteiger partial charge in [-0.05, 0) is 38.0 Å². The number of aromatic nitrogens is 1. The lowest BCUT2D eigenvalue weighted by atomic mass is 10.1. The number of rotatable bonds is 3. The maximum atomic E-state index is 12.4. The molecule has 1 amide bonds. The Bertz CT molecular complexity index is 717. The third-order valence-corrected chi connectivity index (χ3v) is 5.27. The zero-order valence-electron chi connectivity index (χ0n) is 12.9. The second kappa shape index (κ2) is 6.22. The molecule has 0 saturated carbocycles. The minimum absolute atomic E-state index is 0.0649. The Morgan fingerprint density at radius 1 is 1.32 bits per heavy atom. The number of fused-ring (bicyclic) bond motifs is 1. The summed E-state index contributed by atoms with van der Waals surface area (Å²) in [5.41, 5.74) is 2.76. The molecule has 1 aromatic carbocycles. The van der Waals surface area contributed by atoms with Crippen molar-refractivity contribution in [3.05, 3.63) is 35.5 Å². The first-order chi connectivity index (χ1) is 10.5. The molecular weight excluding hydrogens is 298 g/mol. The number of carbonyl (C=O) groups excluding carboxylic acids is 1. The second-order valence-corrected chi connectivity index (χ2v) is 7.24. The highest BCUT2D eigenvalue weighted by molar-refractivity contribution is 7.81. The normalized spacial score (nSPS) is 18.5. The van der Waals surface area contributed by atoms with E-state index in [2.05, 4.69) is 16.4 Å². The van der Waals surface area contributed by atoms with Gasteiger partial charge < -0.3 is 10.3 Å². The van der Waals surface area contributed by atoms with Crippen LogP contribution in [0.25, 0.3) is 10.9 Å². The van der Waals surface area contributed by atoms with E-state index in [9.17, 15) is 9.00 Å². The van der Waals surface area contributed by atoms with Crippen molar-refractivity contribution in [1.29, 1.82) is 0 Å². The van der Waals surface area contributed by atoms with Gasteiger partial charge in [-0.2, -0.15) is 0 Å². The number of hydrogen-bond acceptors (Lipinski definition) is 2. The van der Waals surface area contributed by atoms with Gasteiger partial charge in [-0.15, -0.1) is 0 Å². The van der Waals surface area contributed by atoms with Crippen molar-refractivity contribution in [3.63, 3.8) is 0 Å². The van der Waals surface area contributed by atoms with E-state index in [0.717, 1.165) is 36.8 Å². The number of hydrogen-bond donors (Lipinski definition) is 2. The predicted octanol–water partition coefficient (Wildman–Crippen LogP) is 1.96. The van der Waals surface area contributed by atoms with Gasteiger partial charge in [-0.25, -0.2) is 8.51 Å². The fraction of sp³-hybridized carbons (Fsp3) is 0.438. The van der Waals surface area contributed by atoms with Crippen LogP contribution in [-0.2, 0) is 11.0 Å². The van der Waals surface area contributed by atoms with Crippen LogP contribution in [0.2, 0.25) is 0 Å². The minimum Gasteiger partial charge on any atom is -0.351 e. The molecule has 3 rings (SSSR count). The first-order valence-corrected chi connectivity index (χ1v) is 9.03. The summed E-state index contributed by atoms with van der Waals surface area (Å²) in [5, 5.41) is 4.13. The zero-order valence-corrected chi connectivity index (χ0v) is 13.7. The Balaban J connectivity index is 1.65. The molecule has 1 atom stereocenters. The summed E-state index contributed by atoms with van der Waals surface area (Å²) >= 11 is 0. The summed E-state index contributed by atoms with van der Waals surface area (Å²) in [6.45, 7) is 3.57. The van der Waals surface area contributed by atoms with Crippen LogP contribution in [0, 0.1) is 6.92 Å². The number of aryl methyl sites for hydroxylation is 1. The molecule has 1 aliphatic rings. The van der Waals surface area contributed by atoms with Crippen LogP contribution in [-0.4, -0.2) is 44.8 Å². The molecule has 1 unspecified atom stereocenters. The largest absolute Gasteiger partial charge is 0.351 e. The molecule has 0 radical (unpaired) electrons. The topological polar surface area (TPSA) is 65.2 Å². The van der Waals surface area contributed by atoms with Gasteiger partial charge in [0.05, 0.1) is 11.0 Å². The van der Waals surface area contributed by atoms with Crippen molar-refractivity contribution in [1.82, 2.24) is 14.6 Å². The Hall–Kier alpha value is -1.66. The summed E-state index contributed by atoms with van der Waals surface area (Å²) in [6, 6.07) is 8.14. The average Bonchev–Trinajstić information content (AvgIpc) is 2.91. The quantitative estimate of drug-likeness (QED) is 0.908. The molecule has 0 spiro atoms. The summed E-state index contributed by atoms with van der Waals surface area (Å²) in [4.78, 5) is 15.5. The van der Waals surface area contributed by atoms with Crippen molar-refractivity contribution in [2.24, 2.45) is 0 Å². The van der Waals surface area contributed by atoms with Crippen LogP contribution in [0.4, 0.5) is 0 Å². The number of nitrogens with one attached hydrogen (secondary N) is 2.